The van der Waals surface area contributed by atoms with E-state index >= 15 is 0 Å². The molecule has 1 amide bonds. The number of hydrogen-bond donors (Lipinski definition) is 1. The number of aryl methyl sites for hydroxylation is 1. The third-order valence-electron chi connectivity index (χ3n) is 3.28. The fourth-order valence-corrected chi connectivity index (χ4v) is 2.20. The molecule has 0 aromatic carbocycles. The van der Waals surface area contributed by atoms with Gasteiger partial charge in [-0.3, -0.25) is 9.48 Å². The fourth-order valence-electron chi connectivity index (χ4n) is 2.20. The first-order chi connectivity index (χ1) is 8.70. The lowest BCUT2D eigenvalue weighted by Gasteiger charge is -2.35. The largest absolute Gasteiger partial charge is 0.365 e. The van der Waals surface area contributed by atoms with E-state index in [0.717, 1.165) is 38.3 Å². The molecule has 0 saturated carbocycles. The van der Waals surface area contributed by atoms with E-state index in [9.17, 15) is 4.79 Å². The van der Waals surface area contributed by atoms with Crippen LogP contribution in [0.4, 0.5) is 5.69 Å². The van der Waals surface area contributed by atoms with Crippen molar-refractivity contribution in [2.75, 3.05) is 37.6 Å². The highest BCUT2D eigenvalue weighted by molar-refractivity contribution is 5.85. The Balaban J connectivity index is 0.00000180. The van der Waals surface area contributed by atoms with Crippen molar-refractivity contribution in [2.24, 2.45) is 12.8 Å². The molecule has 2 N–H and O–H groups in total. The SMILES string of the molecule is Cl.Cl.Cn1cc(N2CCN(C(=O)CCCN)CC2)cn1. The van der Waals surface area contributed by atoms with Gasteiger partial charge in [0.05, 0.1) is 11.9 Å². The van der Waals surface area contributed by atoms with Crippen molar-refractivity contribution >= 4 is 36.4 Å². The maximum atomic E-state index is 11.8. The fraction of sp³-hybridized carbons (Fsp3) is 0.667. The highest BCUT2D eigenvalue weighted by atomic mass is 35.5. The van der Waals surface area contributed by atoms with E-state index in [1.165, 1.54) is 0 Å². The zero-order valence-electron chi connectivity index (χ0n) is 11.7. The molecule has 1 fully saturated rings. The van der Waals surface area contributed by atoms with Gasteiger partial charge in [0.15, 0.2) is 0 Å². The summed E-state index contributed by atoms with van der Waals surface area (Å²) < 4.78 is 1.80. The van der Waals surface area contributed by atoms with Gasteiger partial charge in [-0.2, -0.15) is 5.10 Å². The van der Waals surface area contributed by atoms with Crippen LogP contribution in [0.3, 0.4) is 0 Å². The summed E-state index contributed by atoms with van der Waals surface area (Å²) in [5, 5.41) is 4.17. The van der Waals surface area contributed by atoms with E-state index in [1.807, 2.05) is 24.3 Å². The molecule has 0 atom stereocenters. The van der Waals surface area contributed by atoms with Gasteiger partial charge in [0.1, 0.15) is 0 Å². The summed E-state index contributed by atoms with van der Waals surface area (Å²) in [7, 11) is 1.91. The van der Waals surface area contributed by atoms with E-state index in [0.29, 0.717) is 13.0 Å². The van der Waals surface area contributed by atoms with Crippen molar-refractivity contribution in [1.82, 2.24) is 14.7 Å². The second-order valence-corrected chi connectivity index (χ2v) is 4.63. The predicted octanol–water partition coefficient (Wildman–Crippen LogP) is 0.651. The number of nitrogens with two attached hydrogens (primary N) is 1. The molecule has 1 aliphatic heterocycles. The number of amides is 1. The monoisotopic (exact) mass is 323 g/mol. The van der Waals surface area contributed by atoms with Crippen LogP contribution < -0.4 is 10.6 Å². The minimum atomic E-state index is 0. The Morgan fingerprint density at radius 3 is 2.45 bits per heavy atom. The molecule has 0 aliphatic carbocycles. The lowest BCUT2D eigenvalue weighted by Crippen LogP contribution is -2.48. The quantitative estimate of drug-likeness (QED) is 0.883. The lowest BCUT2D eigenvalue weighted by atomic mass is 10.2. The summed E-state index contributed by atoms with van der Waals surface area (Å²) in [4.78, 5) is 16.0. The highest BCUT2D eigenvalue weighted by Gasteiger charge is 2.21. The number of rotatable bonds is 4. The summed E-state index contributed by atoms with van der Waals surface area (Å²) in [5.74, 6) is 0.228. The van der Waals surface area contributed by atoms with E-state index in [4.69, 9.17) is 5.73 Å². The van der Waals surface area contributed by atoms with Gasteiger partial charge < -0.3 is 15.5 Å². The standard InChI is InChI=1S/C12H21N5O.2ClH/c1-15-10-11(9-14-15)16-5-7-17(8-6-16)12(18)3-2-4-13;;/h9-10H,2-8,13H2,1H3;2*1H. The van der Waals surface area contributed by atoms with Gasteiger partial charge in [0.2, 0.25) is 5.91 Å². The van der Waals surface area contributed by atoms with Gasteiger partial charge in [-0.25, -0.2) is 0 Å². The minimum Gasteiger partial charge on any atom is -0.365 e. The number of nitrogens with zero attached hydrogens (tertiary/aromatic N) is 4. The summed E-state index contributed by atoms with van der Waals surface area (Å²) in [6.45, 7) is 3.91. The number of aromatic nitrogens is 2. The van der Waals surface area contributed by atoms with Crippen molar-refractivity contribution in [3.63, 3.8) is 0 Å². The van der Waals surface area contributed by atoms with Crippen molar-refractivity contribution in [1.29, 1.82) is 0 Å². The van der Waals surface area contributed by atoms with Gasteiger partial charge in [0.25, 0.3) is 0 Å². The first kappa shape index (κ1) is 19.0. The molecule has 0 radical (unpaired) electrons. The molecule has 20 heavy (non-hydrogen) atoms. The number of hydrogen-bond acceptors (Lipinski definition) is 4. The molecule has 0 bridgehead atoms. The maximum absolute atomic E-state index is 11.8. The van der Waals surface area contributed by atoms with Crippen molar-refractivity contribution in [3.05, 3.63) is 12.4 Å². The van der Waals surface area contributed by atoms with Crippen LogP contribution in [0.2, 0.25) is 0 Å². The molecule has 116 valence electrons. The molecule has 0 spiro atoms. The second kappa shape index (κ2) is 9.05. The zero-order valence-corrected chi connectivity index (χ0v) is 13.3. The number of carbonyl (C=O) groups is 1. The van der Waals surface area contributed by atoms with Crippen LogP contribution >= 0.6 is 24.8 Å². The summed E-state index contributed by atoms with van der Waals surface area (Å²) in [5.41, 5.74) is 6.55. The Kier molecular flexibility index (Phi) is 8.60. The molecule has 1 aromatic heterocycles. The van der Waals surface area contributed by atoms with Crippen LogP contribution in [0.15, 0.2) is 12.4 Å². The Labute approximate surface area is 132 Å². The van der Waals surface area contributed by atoms with Gasteiger partial charge in [-0.1, -0.05) is 0 Å². The van der Waals surface area contributed by atoms with Crippen LogP contribution in [-0.2, 0) is 11.8 Å². The molecular formula is C12H23Cl2N5O. The average molecular weight is 324 g/mol. The normalized spacial score (nSPS) is 14.5. The van der Waals surface area contributed by atoms with Crippen LogP contribution in [-0.4, -0.2) is 53.3 Å². The molecule has 0 unspecified atom stereocenters. The Morgan fingerprint density at radius 1 is 1.30 bits per heavy atom. The van der Waals surface area contributed by atoms with Crippen LogP contribution in [0, 0.1) is 0 Å². The molecular weight excluding hydrogens is 301 g/mol. The second-order valence-electron chi connectivity index (χ2n) is 4.63. The summed E-state index contributed by atoms with van der Waals surface area (Å²) in [6, 6.07) is 0. The third-order valence-corrected chi connectivity index (χ3v) is 3.28. The molecule has 2 heterocycles. The van der Waals surface area contributed by atoms with Crippen LogP contribution in [0.25, 0.3) is 0 Å². The van der Waals surface area contributed by atoms with Crippen molar-refractivity contribution < 1.29 is 4.79 Å². The molecule has 1 saturated heterocycles. The van der Waals surface area contributed by atoms with E-state index in [2.05, 4.69) is 10.00 Å². The number of carbonyl (C=O) groups excluding carboxylic acids is 1. The summed E-state index contributed by atoms with van der Waals surface area (Å²) >= 11 is 0. The highest BCUT2D eigenvalue weighted by Crippen LogP contribution is 2.15. The van der Waals surface area contributed by atoms with Crippen LogP contribution in [0.1, 0.15) is 12.8 Å². The topological polar surface area (TPSA) is 67.4 Å². The average Bonchev–Trinajstić information content (AvgIpc) is 2.83. The first-order valence-electron chi connectivity index (χ1n) is 6.42. The Bertz CT molecular complexity index is 404. The number of anilines is 1. The number of piperazine rings is 1. The van der Waals surface area contributed by atoms with Gasteiger partial charge in [-0.05, 0) is 13.0 Å². The Morgan fingerprint density at radius 2 is 1.95 bits per heavy atom. The van der Waals surface area contributed by atoms with Gasteiger partial charge in [0, 0.05) is 45.8 Å². The first-order valence-corrected chi connectivity index (χ1v) is 6.42. The summed E-state index contributed by atoms with van der Waals surface area (Å²) in [6.07, 6.45) is 5.23. The molecule has 1 aliphatic rings. The predicted molar refractivity (Wildman–Crippen MR) is 84.8 cm³/mol. The van der Waals surface area contributed by atoms with Crippen LogP contribution in [0.5, 0.6) is 0 Å². The molecule has 2 rings (SSSR count). The van der Waals surface area contributed by atoms with E-state index in [1.54, 1.807) is 4.68 Å². The lowest BCUT2D eigenvalue weighted by molar-refractivity contribution is -0.131. The smallest absolute Gasteiger partial charge is 0.222 e. The van der Waals surface area contributed by atoms with Crippen molar-refractivity contribution in [2.45, 2.75) is 12.8 Å². The number of halogens is 2. The van der Waals surface area contributed by atoms with Gasteiger partial charge in [-0.15, -0.1) is 24.8 Å². The van der Waals surface area contributed by atoms with Crippen molar-refractivity contribution in [3.8, 4) is 0 Å². The van der Waals surface area contributed by atoms with E-state index in [-0.39, 0.29) is 30.7 Å². The van der Waals surface area contributed by atoms with E-state index < -0.39 is 0 Å². The molecule has 6 nitrogen and oxygen atoms in total. The minimum absolute atomic E-state index is 0. The van der Waals surface area contributed by atoms with Gasteiger partial charge >= 0.3 is 0 Å². The Hall–Kier alpha value is -0.980. The zero-order chi connectivity index (χ0) is 13.0. The molecule has 8 heteroatoms. The molecule has 1 aromatic rings. The third kappa shape index (κ3) is 4.85. The maximum Gasteiger partial charge on any atom is 0.222 e.